The molecule has 0 aromatic heterocycles. The summed E-state index contributed by atoms with van der Waals surface area (Å²) in [6.07, 6.45) is 2.14. The minimum Gasteiger partial charge on any atom is -0.496 e. The van der Waals surface area contributed by atoms with E-state index in [2.05, 4.69) is 15.0 Å². The smallest absolute Gasteiger partial charge is 0.305 e. The lowest BCUT2D eigenvalue weighted by Gasteiger charge is -2.23. The van der Waals surface area contributed by atoms with Crippen LogP contribution in [0.5, 0.6) is 5.75 Å². The Balaban J connectivity index is 0.00000529. The van der Waals surface area contributed by atoms with Crippen molar-refractivity contribution in [1.29, 1.82) is 0 Å². The average Bonchev–Trinajstić information content (AvgIpc) is 2.58. The molecule has 0 saturated heterocycles. The zero-order valence-electron chi connectivity index (χ0n) is 14.9. The zero-order valence-corrected chi connectivity index (χ0v) is 17.2. The molecule has 0 saturated carbocycles. The van der Waals surface area contributed by atoms with Crippen molar-refractivity contribution in [2.45, 2.75) is 25.8 Å². The van der Waals surface area contributed by atoms with Crippen molar-refractivity contribution in [2.24, 2.45) is 4.99 Å². The number of carbonyl (C=O) groups excluding carboxylic acids is 1. The molecule has 1 aromatic carbocycles. The number of nitrogens with zero attached hydrogens (tertiary/aromatic N) is 2. The largest absolute Gasteiger partial charge is 0.496 e. The molecule has 7 heteroatoms. The number of carbonyl (C=O) groups is 1. The highest BCUT2D eigenvalue weighted by molar-refractivity contribution is 14.0. The SMILES string of the molecule is CN=C(NCCCCC(=O)OC)N(C)Cc1ccccc1OC.I. The molecule has 0 heterocycles. The van der Waals surface area contributed by atoms with Crippen molar-refractivity contribution in [3.05, 3.63) is 29.8 Å². The van der Waals surface area contributed by atoms with Crippen LogP contribution in [-0.2, 0) is 16.1 Å². The Morgan fingerprint density at radius 3 is 2.58 bits per heavy atom. The van der Waals surface area contributed by atoms with Crippen LogP contribution in [0, 0.1) is 0 Å². The van der Waals surface area contributed by atoms with E-state index < -0.39 is 0 Å². The second-order valence-corrected chi connectivity index (χ2v) is 5.18. The van der Waals surface area contributed by atoms with Gasteiger partial charge < -0.3 is 19.7 Å². The first kappa shape index (κ1) is 22.5. The van der Waals surface area contributed by atoms with Gasteiger partial charge >= 0.3 is 5.97 Å². The van der Waals surface area contributed by atoms with E-state index in [1.54, 1.807) is 14.2 Å². The van der Waals surface area contributed by atoms with Gasteiger partial charge in [-0.05, 0) is 18.9 Å². The summed E-state index contributed by atoms with van der Waals surface area (Å²) in [5.74, 6) is 1.52. The molecular formula is C17H28IN3O3. The quantitative estimate of drug-likeness (QED) is 0.218. The van der Waals surface area contributed by atoms with Crippen LogP contribution >= 0.6 is 24.0 Å². The molecule has 0 spiro atoms. The predicted octanol–water partition coefficient (Wildman–Crippen LogP) is 2.66. The Kier molecular flexibility index (Phi) is 12.0. The fourth-order valence-electron chi connectivity index (χ4n) is 2.25. The summed E-state index contributed by atoms with van der Waals surface area (Å²) >= 11 is 0. The van der Waals surface area contributed by atoms with Crippen LogP contribution < -0.4 is 10.1 Å². The number of rotatable bonds is 8. The van der Waals surface area contributed by atoms with Crippen molar-refractivity contribution >= 4 is 35.9 Å². The number of unbranched alkanes of at least 4 members (excludes halogenated alkanes) is 1. The lowest BCUT2D eigenvalue weighted by molar-refractivity contribution is -0.140. The summed E-state index contributed by atoms with van der Waals surface area (Å²) in [7, 11) is 6.83. The molecule has 0 unspecified atom stereocenters. The third-order valence-electron chi connectivity index (χ3n) is 3.49. The molecule has 24 heavy (non-hydrogen) atoms. The number of para-hydroxylation sites is 1. The summed E-state index contributed by atoms with van der Waals surface area (Å²) in [5.41, 5.74) is 1.10. The van der Waals surface area contributed by atoms with Crippen LogP contribution in [-0.4, -0.2) is 51.7 Å². The molecule has 0 aliphatic rings. The molecule has 0 bridgehead atoms. The fourth-order valence-corrected chi connectivity index (χ4v) is 2.25. The second-order valence-electron chi connectivity index (χ2n) is 5.18. The van der Waals surface area contributed by atoms with Gasteiger partial charge in [0.05, 0.1) is 14.2 Å². The number of aliphatic imine (C=N–C) groups is 1. The summed E-state index contributed by atoms with van der Waals surface area (Å²) in [5, 5.41) is 3.30. The van der Waals surface area contributed by atoms with Crippen LogP contribution in [0.4, 0.5) is 0 Å². The van der Waals surface area contributed by atoms with Gasteiger partial charge in [-0.3, -0.25) is 9.79 Å². The predicted molar refractivity (Wildman–Crippen MR) is 107 cm³/mol. The third-order valence-corrected chi connectivity index (χ3v) is 3.49. The Bertz CT molecular complexity index is 524. The Hall–Kier alpha value is -1.51. The number of benzene rings is 1. The monoisotopic (exact) mass is 449 g/mol. The maximum absolute atomic E-state index is 11.1. The number of hydrogen-bond acceptors (Lipinski definition) is 4. The zero-order chi connectivity index (χ0) is 17.1. The van der Waals surface area contributed by atoms with Crippen molar-refractivity contribution < 1.29 is 14.3 Å². The molecule has 0 aliphatic carbocycles. The lowest BCUT2D eigenvalue weighted by atomic mass is 10.2. The third kappa shape index (κ3) is 7.85. The van der Waals surface area contributed by atoms with E-state index in [9.17, 15) is 4.79 Å². The van der Waals surface area contributed by atoms with E-state index in [0.717, 1.165) is 36.7 Å². The maximum Gasteiger partial charge on any atom is 0.305 e. The van der Waals surface area contributed by atoms with Crippen molar-refractivity contribution in [3.63, 3.8) is 0 Å². The van der Waals surface area contributed by atoms with E-state index in [-0.39, 0.29) is 29.9 Å². The number of ether oxygens (including phenoxy) is 2. The number of nitrogens with one attached hydrogen (secondary N) is 1. The number of esters is 1. The Labute approximate surface area is 161 Å². The van der Waals surface area contributed by atoms with Gasteiger partial charge in [-0.25, -0.2) is 0 Å². The minimum atomic E-state index is -0.164. The van der Waals surface area contributed by atoms with Crippen LogP contribution in [0.1, 0.15) is 24.8 Å². The van der Waals surface area contributed by atoms with Crippen LogP contribution in [0.15, 0.2) is 29.3 Å². The summed E-state index contributed by atoms with van der Waals surface area (Å²) in [6.45, 7) is 1.46. The highest BCUT2D eigenvalue weighted by Crippen LogP contribution is 2.18. The van der Waals surface area contributed by atoms with E-state index in [4.69, 9.17) is 4.74 Å². The lowest BCUT2D eigenvalue weighted by Crippen LogP contribution is -2.38. The molecule has 1 aromatic rings. The second kappa shape index (κ2) is 12.9. The summed E-state index contributed by atoms with van der Waals surface area (Å²) in [6, 6.07) is 7.94. The van der Waals surface area contributed by atoms with Gasteiger partial charge in [0, 0.05) is 39.2 Å². The number of methoxy groups -OCH3 is 2. The van der Waals surface area contributed by atoms with Crippen molar-refractivity contribution in [3.8, 4) is 5.75 Å². The van der Waals surface area contributed by atoms with Gasteiger partial charge in [-0.15, -0.1) is 24.0 Å². The van der Waals surface area contributed by atoms with E-state index in [1.165, 1.54) is 7.11 Å². The molecule has 136 valence electrons. The Morgan fingerprint density at radius 2 is 1.96 bits per heavy atom. The maximum atomic E-state index is 11.1. The molecule has 0 atom stereocenters. The summed E-state index contributed by atoms with van der Waals surface area (Å²) in [4.78, 5) is 17.4. The highest BCUT2D eigenvalue weighted by atomic mass is 127. The first-order valence-electron chi connectivity index (χ1n) is 7.72. The molecule has 0 radical (unpaired) electrons. The molecule has 0 aliphatic heterocycles. The van der Waals surface area contributed by atoms with Gasteiger partial charge in [0.15, 0.2) is 5.96 Å². The van der Waals surface area contributed by atoms with Gasteiger partial charge in [-0.1, -0.05) is 18.2 Å². The van der Waals surface area contributed by atoms with Crippen molar-refractivity contribution in [1.82, 2.24) is 10.2 Å². The first-order chi connectivity index (χ1) is 11.1. The van der Waals surface area contributed by atoms with Gasteiger partial charge in [0.25, 0.3) is 0 Å². The van der Waals surface area contributed by atoms with Crippen LogP contribution in [0.3, 0.4) is 0 Å². The Morgan fingerprint density at radius 1 is 1.25 bits per heavy atom. The molecule has 1 N–H and O–H groups in total. The molecule has 0 fully saturated rings. The van der Waals surface area contributed by atoms with E-state index >= 15 is 0 Å². The summed E-state index contributed by atoms with van der Waals surface area (Å²) < 4.78 is 10.00. The average molecular weight is 449 g/mol. The first-order valence-corrected chi connectivity index (χ1v) is 7.72. The van der Waals surface area contributed by atoms with Gasteiger partial charge in [0.2, 0.25) is 0 Å². The molecular weight excluding hydrogens is 421 g/mol. The van der Waals surface area contributed by atoms with E-state index in [1.807, 2.05) is 36.2 Å². The number of hydrogen-bond donors (Lipinski definition) is 1. The topological polar surface area (TPSA) is 63.2 Å². The molecule has 6 nitrogen and oxygen atoms in total. The fraction of sp³-hybridized carbons (Fsp3) is 0.529. The van der Waals surface area contributed by atoms with Crippen molar-refractivity contribution in [2.75, 3.05) is 34.9 Å². The molecule has 0 amide bonds. The van der Waals surface area contributed by atoms with Gasteiger partial charge in [-0.2, -0.15) is 0 Å². The standard InChI is InChI=1S/C17H27N3O3.HI/c1-18-17(19-12-8-7-11-16(21)23-4)20(2)13-14-9-5-6-10-15(14)22-3;/h5-6,9-10H,7-8,11-13H2,1-4H3,(H,18,19);1H. The minimum absolute atomic E-state index is 0. The van der Waals surface area contributed by atoms with Gasteiger partial charge in [0.1, 0.15) is 5.75 Å². The number of guanidine groups is 1. The van der Waals surface area contributed by atoms with Crippen LogP contribution in [0.25, 0.3) is 0 Å². The normalized spacial score (nSPS) is 10.6. The van der Waals surface area contributed by atoms with Crippen LogP contribution in [0.2, 0.25) is 0 Å². The molecule has 1 rings (SSSR count). The van der Waals surface area contributed by atoms with E-state index in [0.29, 0.717) is 13.0 Å². The highest BCUT2D eigenvalue weighted by Gasteiger charge is 2.09. The number of halogens is 1.